The van der Waals surface area contributed by atoms with Gasteiger partial charge in [0.15, 0.2) is 0 Å². The average Bonchev–Trinajstić information content (AvgIpc) is 3.82. The number of anilines is 3. The van der Waals surface area contributed by atoms with Crippen LogP contribution in [-0.4, -0.2) is 0 Å². The Morgan fingerprint density at radius 3 is 1.17 bits per heavy atom. The van der Waals surface area contributed by atoms with Gasteiger partial charge in [-0.3, -0.25) is 0 Å². The quantitative estimate of drug-likeness (QED) is 0.148. The first-order valence-corrected chi connectivity index (χ1v) is 22.3. The highest BCUT2D eigenvalue weighted by atomic mass is 15.1. The predicted molar refractivity (Wildman–Crippen MR) is 267 cm³/mol. The number of fused-ring (bicyclic) bond motifs is 6. The minimum Gasteiger partial charge on any atom is -0.310 e. The topological polar surface area (TPSA) is 3.24 Å². The smallest absolute Gasteiger partial charge is 0.0713 e. The molecule has 1 unspecified atom stereocenters. The molecular weight excluding hydrogens is 771 g/mol. The summed E-state index contributed by atoms with van der Waals surface area (Å²) < 4.78 is 0. The van der Waals surface area contributed by atoms with E-state index in [1.54, 1.807) is 0 Å². The van der Waals surface area contributed by atoms with Crippen molar-refractivity contribution in [1.82, 2.24) is 0 Å². The summed E-state index contributed by atoms with van der Waals surface area (Å²) in [4.78, 5) is 2.49. The second kappa shape index (κ2) is 15.1. The summed E-state index contributed by atoms with van der Waals surface area (Å²) in [6.07, 6.45) is 0. The van der Waals surface area contributed by atoms with Crippen molar-refractivity contribution < 1.29 is 0 Å². The molecule has 0 heterocycles. The Morgan fingerprint density at radius 2 is 0.641 bits per heavy atom. The van der Waals surface area contributed by atoms with E-state index in [2.05, 4.69) is 267 Å². The van der Waals surface area contributed by atoms with E-state index in [1.807, 2.05) is 0 Å². The summed E-state index contributed by atoms with van der Waals surface area (Å²) in [6.45, 7) is 2.39. The minimum atomic E-state index is -0.481. The molecule has 0 bridgehead atoms. The van der Waals surface area contributed by atoms with Gasteiger partial charge in [-0.05, 0) is 133 Å². The van der Waals surface area contributed by atoms with Crippen molar-refractivity contribution in [2.75, 3.05) is 4.90 Å². The van der Waals surface area contributed by atoms with Gasteiger partial charge in [-0.2, -0.15) is 0 Å². The zero-order chi connectivity index (χ0) is 42.7. The largest absolute Gasteiger partial charge is 0.310 e. The standard InChI is InChI=1S/C63H45N/c1-62(48-25-11-4-12-26-48)58-33-19-17-31-54(58)56-42-51(35-37-59(56)62)64(53-40-46(44-21-7-2-8-22-44)39-47(41-53)45-23-9-3-10-24-45)52-36-38-61-57(43-52)55-32-18-20-34-60(55)63(61,49-27-13-5-14-28-49)50-29-15-6-16-30-50/h2-43H,1H3. The Morgan fingerprint density at radius 1 is 0.266 bits per heavy atom. The first-order chi connectivity index (χ1) is 31.6. The van der Waals surface area contributed by atoms with Crippen molar-refractivity contribution in [3.8, 4) is 44.5 Å². The molecule has 0 radical (unpaired) electrons. The first kappa shape index (κ1) is 37.7. The van der Waals surface area contributed by atoms with Gasteiger partial charge in [0.05, 0.1) is 5.41 Å². The zero-order valence-corrected chi connectivity index (χ0v) is 35.7. The molecule has 2 aliphatic carbocycles. The van der Waals surface area contributed by atoms with Crippen LogP contribution in [-0.2, 0) is 10.8 Å². The second-order valence-electron chi connectivity index (χ2n) is 17.4. The van der Waals surface area contributed by atoms with Gasteiger partial charge in [0.25, 0.3) is 0 Å². The SMILES string of the molecule is CC1(c2ccccc2)c2ccccc2-c2cc(N(c3cc(-c4ccccc4)cc(-c4ccccc4)c3)c3ccc4c(c3)-c3ccccc3C4(c3ccccc3)c3ccccc3)ccc21. The number of benzene rings is 10. The molecule has 0 saturated heterocycles. The number of hydrogen-bond donors (Lipinski definition) is 0. The molecule has 0 N–H and O–H groups in total. The Kier molecular flexibility index (Phi) is 8.91. The lowest BCUT2D eigenvalue weighted by atomic mass is 9.68. The molecule has 64 heavy (non-hydrogen) atoms. The summed E-state index contributed by atoms with van der Waals surface area (Å²) in [5.41, 5.74) is 21.4. The summed E-state index contributed by atoms with van der Waals surface area (Å²) in [5, 5.41) is 0. The number of rotatable bonds is 8. The van der Waals surface area contributed by atoms with Crippen molar-refractivity contribution in [3.05, 3.63) is 294 Å². The van der Waals surface area contributed by atoms with Gasteiger partial charge in [-0.15, -0.1) is 0 Å². The molecule has 0 saturated carbocycles. The fraction of sp³-hybridized carbons (Fsp3) is 0.0476. The summed E-state index contributed by atoms with van der Waals surface area (Å²) in [5.74, 6) is 0. The van der Waals surface area contributed by atoms with Gasteiger partial charge in [-0.25, -0.2) is 0 Å². The van der Waals surface area contributed by atoms with E-state index in [0.717, 1.165) is 17.1 Å². The molecule has 1 nitrogen and oxygen atoms in total. The third-order valence-electron chi connectivity index (χ3n) is 14.0. The van der Waals surface area contributed by atoms with E-state index in [1.165, 1.54) is 83.5 Å². The van der Waals surface area contributed by atoms with E-state index in [-0.39, 0.29) is 5.41 Å². The maximum Gasteiger partial charge on any atom is 0.0713 e. The third kappa shape index (κ3) is 5.78. The van der Waals surface area contributed by atoms with Gasteiger partial charge in [-0.1, -0.05) is 212 Å². The Labute approximate surface area is 376 Å². The fourth-order valence-corrected chi connectivity index (χ4v) is 11.1. The molecule has 0 aromatic heterocycles. The van der Waals surface area contributed by atoms with Crippen LogP contribution in [0.15, 0.2) is 255 Å². The molecule has 2 aliphatic rings. The molecular formula is C63H45N. The van der Waals surface area contributed by atoms with Crippen LogP contribution in [0.1, 0.15) is 45.9 Å². The van der Waals surface area contributed by atoms with Crippen LogP contribution < -0.4 is 4.90 Å². The maximum absolute atomic E-state index is 2.49. The van der Waals surface area contributed by atoms with E-state index >= 15 is 0 Å². The highest BCUT2D eigenvalue weighted by Crippen LogP contribution is 2.58. The van der Waals surface area contributed by atoms with Gasteiger partial charge < -0.3 is 4.90 Å². The molecule has 10 aromatic rings. The molecule has 0 fully saturated rings. The fourth-order valence-electron chi connectivity index (χ4n) is 11.1. The Bertz CT molecular complexity index is 3220. The van der Waals surface area contributed by atoms with Crippen LogP contribution in [0.25, 0.3) is 44.5 Å². The average molecular weight is 816 g/mol. The molecule has 10 aromatic carbocycles. The zero-order valence-electron chi connectivity index (χ0n) is 35.7. The molecule has 0 amide bonds. The molecule has 1 heteroatoms. The molecule has 302 valence electrons. The van der Waals surface area contributed by atoms with E-state index < -0.39 is 5.41 Å². The van der Waals surface area contributed by atoms with Crippen molar-refractivity contribution in [2.45, 2.75) is 17.8 Å². The van der Waals surface area contributed by atoms with Gasteiger partial charge in [0, 0.05) is 22.5 Å². The van der Waals surface area contributed by atoms with Crippen molar-refractivity contribution in [2.24, 2.45) is 0 Å². The van der Waals surface area contributed by atoms with Gasteiger partial charge >= 0.3 is 0 Å². The van der Waals surface area contributed by atoms with E-state index in [0.29, 0.717) is 0 Å². The van der Waals surface area contributed by atoms with Crippen LogP contribution in [0.2, 0.25) is 0 Å². The Hall–Kier alpha value is -8.00. The van der Waals surface area contributed by atoms with Gasteiger partial charge in [0.1, 0.15) is 0 Å². The highest BCUT2D eigenvalue weighted by molar-refractivity contribution is 5.93. The van der Waals surface area contributed by atoms with Crippen LogP contribution in [0.4, 0.5) is 17.1 Å². The summed E-state index contributed by atoms with van der Waals surface area (Å²) >= 11 is 0. The van der Waals surface area contributed by atoms with Gasteiger partial charge in [0.2, 0.25) is 0 Å². The first-order valence-electron chi connectivity index (χ1n) is 22.3. The predicted octanol–water partition coefficient (Wildman–Crippen LogP) is 16.2. The maximum atomic E-state index is 2.49. The lowest BCUT2D eigenvalue weighted by Crippen LogP contribution is -2.28. The summed E-state index contributed by atoms with van der Waals surface area (Å²) in [7, 11) is 0. The monoisotopic (exact) mass is 815 g/mol. The summed E-state index contributed by atoms with van der Waals surface area (Å²) in [6, 6.07) is 94.2. The van der Waals surface area contributed by atoms with Crippen LogP contribution in [0.3, 0.4) is 0 Å². The van der Waals surface area contributed by atoms with Crippen molar-refractivity contribution in [3.63, 3.8) is 0 Å². The molecule has 0 aliphatic heterocycles. The molecule has 1 atom stereocenters. The third-order valence-corrected chi connectivity index (χ3v) is 14.0. The highest BCUT2D eigenvalue weighted by Gasteiger charge is 2.46. The molecule has 0 spiro atoms. The second-order valence-corrected chi connectivity index (χ2v) is 17.4. The van der Waals surface area contributed by atoms with E-state index in [9.17, 15) is 0 Å². The van der Waals surface area contributed by atoms with Crippen molar-refractivity contribution >= 4 is 17.1 Å². The van der Waals surface area contributed by atoms with Crippen LogP contribution in [0.5, 0.6) is 0 Å². The van der Waals surface area contributed by atoms with Crippen LogP contribution in [0, 0.1) is 0 Å². The lowest BCUT2D eigenvalue weighted by molar-refractivity contribution is 0.714. The Balaban J connectivity index is 1.13. The molecule has 12 rings (SSSR count). The van der Waals surface area contributed by atoms with Crippen molar-refractivity contribution in [1.29, 1.82) is 0 Å². The normalized spacial score (nSPS) is 15.1. The minimum absolute atomic E-state index is 0.292. The van der Waals surface area contributed by atoms with Crippen LogP contribution >= 0.6 is 0 Å². The number of hydrogen-bond acceptors (Lipinski definition) is 1. The number of nitrogens with zero attached hydrogens (tertiary/aromatic N) is 1. The van der Waals surface area contributed by atoms with E-state index in [4.69, 9.17) is 0 Å². The lowest BCUT2D eigenvalue weighted by Gasteiger charge is -2.34.